The van der Waals surface area contributed by atoms with Gasteiger partial charge in [-0.3, -0.25) is 25.8 Å². The van der Waals surface area contributed by atoms with Crippen molar-refractivity contribution in [1.29, 1.82) is 0 Å². The van der Waals surface area contributed by atoms with Gasteiger partial charge in [0.05, 0.1) is 11.4 Å². The van der Waals surface area contributed by atoms with E-state index in [4.69, 9.17) is 30.0 Å². The molecular weight excluding hydrogens is 482 g/mol. The van der Waals surface area contributed by atoms with Gasteiger partial charge in [0.2, 0.25) is 0 Å². The molecule has 173 valence electrons. The maximum absolute atomic E-state index is 5.44. The molecule has 2 N–H and O–H groups in total. The topological polar surface area (TPSA) is 95.6 Å². The number of aromatic nitrogens is 1. The smallest absolute Gasteiger partial charge is 0.741 e. The first-order valence-corrected chi connectivity index (χ1v) is 10.9. The Kier molecular flexibility index (Phi) is 13.4. The summed E-state index contributed by atoms with van der Waals surface area (Å²) in [7, 11) is 0. The van der Waals surface area contributed by atoms with Gasteiger partial charge in [0.1, 0.15) is 0 Å². The van der Waals surface area contributed by atoms with Gasteiger partial charge in [0.25, 0.3) is 0 Å². The summed E-state index contributed by atoms with van der Waals surface area (Å²) in [5, 5.41) is 9.39. The Labute approximate surface area is 206 Å². The van der Waals surface area contributed by atoms with E-state index >= 15 is 0 Å². The summed E-state index contributed by atoms with van der Waals surface area (Å²) >= 11 is 10.3. The van der Waals surface area contributed by atoms with E-state index in [2.05, 4.69) is 48.2 Å². The first-order chi connectivity index (χ1) is 14.5. The van der Waals surface area contributed by atoms with Crippen molar-refractivity contribution in [3.05, 3.63) is 29.6 Å². The van der Waals surface area contributed by atoms with E-state index in [0.29, 0.717) is 47.2 Å². The maximum atomic E-state index is 5.44. The van der Waals surface area contributed by atoms with Crippen LogP contribution in [0.2, 0.25) is 0 Å². The number of hydrogen-bond donors (Lipinski definition) is 2. The molecule has 1 aliphatic rings. The summed E-state index contributed by atoms with van der Waals surface area (Å²) in [6.07, 6.45) is 4.47. The molecule has 0 bridgehead atoms. The van der Waals surface area contributed by atoms with Crippen LogP contribution in [0.25, 0.3) is 0 Å². The van der Waals surface area contributed by atoms with Gasteiger partial charge in [-0.05, 0) is 55.6 Å². The first kappa shape index (κ1) is 27.4. The summed E-state index contributed by atoms with van der Waals surface area (Å²) < 4.78 is 5.44. The van der Waals surface area contributed by atoms with Gasteiger partial charge in [-0.2, -0.15) is 10.2 Å². The van der Waals surface area contributed by atoms with Crippen LogP contribution in [0.1, 0.15) is 50.8 Å². The van der Waals surface area contributed by atoms with E-state index in [1.807, 2.05) is 27.0 Å². The van der Waals surface area contributed by atoms with Crippen LogP contribution in [-0.2, 0) is 53.5 Å². The van der Waals surface area contributed by atoms with Gasteiger partial charge in [-0.25, -0.2) is 0 Å². The third kappa shape index (κ3) is 10.0. The first-order valence-electron chi connectivity index (χ1n) is 10.1. The van der Waals surface area contributed by atoms with Crippen LogP contribution in [0.3, 0.4) is 0 Å². The number of nitrogens with zero attached hydrogens (tertiary/aromatic N) is 5. The fourth-order valence-corrected chi connectivity index (χ4v) is 3.24. The van der Waals surface area contributed by atoms with E-state index in [9.17, 15) is 0 Å². The number of amidine groups is 2. The Morgan fingerprint density at radius 1 is 1.06 bits per heavy atom. The molecule has 1 radical (unpaired) electrons. The summed E-state index contributed by atoms with van der Waals surface area (Å²) in [5.74, 6) is 0.464. The Bertz CT molecular complexity index is 791. The van der Waals surface area contributed by atoms with Gasteiger partial charge in [-0.1, -0.05) is 6.07 Å². The van der Waals surface area contributed by atoms with Crippen LogP contribution in [0.15, 0.2) is 38.5 Å². The normalized spacial score (nSPS) is 16.6. The second-order valence-electron chi connectivity index (χ2n) is 6.69. The number of hydrazone groups is 2. The third-order valence-electron chi connectivity index (χ3n) is 4.49. The van der Waals surface area contributed by atoms with Gasteiger partial charge in [0, 0.05) is 50.5 Å². The molecule has 0 saturated carbocycles. The molecule has 0 unspecified atom stereocenters. The van der Waals surface area contributed by atoms with Gasteiger partial charge in [0.15, 0.2) is 0 Å². The summed E-state index contributed by atoms with van der Waals surface area (Å²) in [5.41, 5.74) is 9.10. The Morgan fingerprint density at radius 3 is 2.23 bits per heavy atom. The molecule has 2 rings (SSSR count). The van der Waals surface area contributed by atoms with Crippen molar-refractivity contribution in [2.45, 2.75) is 46.0 Å². The molecule has 0 atom stereocenters. The Hall–Kier alpha value is -1.65. The molecule has 1 saturated heterocycles. The van der Waals surface area contributed by atoms with E-state index < -0.39 is 0 Å². The molecule has 1 fully saturated rings. The largest absolute Gasteiger partial charge is 2.00 e. The number of rotatable bonds is 8. The number of aliphatic imine (C=N–C) groups is 2. The van der Waals surface area contributed by atoms with Crippen LogP contribution in [-0.4, -0.2) is 53.0 Å². The zero-order valence-electron chi connectivity index (χ0n) is 18.0. The van der Waals surface area contributed by atoms with Crippen molar-refractivity contribution in [1.82, 2.24) is 15.8 Å². The molecular formula is C20H29CuN7OS2. The van der Waals surface area contributed by atoms with Crippen molar-refractivity contribution in [3.63, 3.8) is 0 Å². The summed E-state index contributed by atoms with van der Waals surface area (Å²) in [6.45, 7) is 8.47. The monoisotopic (exact) mass is 510 g/mol. The minimum Gasteiger partial charge on any atom is -0.741 e. The molecule has 1 aromatic rings. The quantitative estimate of drug-likeness (QED) is 0.183. The van der Waals surface area contributed by atoms with Crippen LogP contribution in [0.4, 0.5) is 0 Å². The van der Waals surface area contributed by atoms with Crippen LogP contribution < -0.4 is 10.9 Å². The molecule has 0 amide bonds. The summed E-state index contributed by atoms with van der Waals surface area (Å²) in [4.78, 5) is 12.9. The van der Waals surface area contributed by atoms with Crippen molar-refractivity contribution in [3.8, 4) is 0 Å². The molecule has 0 spiro atoms. The van der Waals surface area contributed by atoms with E-state index in [1.165, 1.54) is 0 Å². The van der Waals surface area contributed by atoms with E-state index in [-0.39, 0.29) is 17.1 Å². The molecule has 0 aromatic carbocycles. The standard InChI is InChI=1S/C20H31N7OS2.Cu/c1-4-21-19(29)26-24-14(3)18(25-27-20(30)22-5-2)12-15-6-7-17(23-13-15)16-8-10-28-11-9-16;/h6-7,13,16H,4-5,8-12H2,1-3H3,(H2,21,26,29)(H2,22,27,30);/q;+2/p-2/b24-14+,25-18+;. The van der Waals surface area contributed by atoms with Gasteiger partial charge in [-0.15, -0.1) is 0 Å². The molecule has 1 aromatic heterocycles. The number of ether oxygens (including phenoxy) is 1. The molecule has 0 aliphatic carbocycles. The summed E-state index contributed by atoms with van der Waals surface area (Å²) in [6, 6.07) is 4.17. The zero-order valence-corrected chi connectivity index (χ0v) is 20.6. The second kappa shape index (κ2) is 15.2. The fourth-order valence-electron chi connectivity index (χ4n) is 2.89. The number of nitrogens with one attached hydrogen (secondary N) is 2. The van der Waals surface area contributed by atoms with Crippen LogP contribution in [0, 0.1) is 0 Å². The minimum absolute atomic E-state index is 0. The van der Waals surface area contributed by atoms with Crippen molar-refractivity contribution >= 4 is 47.0 Å². The minimum atomic E-state index is 0. The van der Waals surface area contributed by atoms with E-state index in [0.717, 1.165) is 37.3 Å². The molecule has 8 nitrogen and oxygen atoms in total. The van der Waals surface area contributed by atoms with Crippen molar-refractivity contribution < 1.29 is 21.8 Å². The van der Waals surface area contributed by atoms with Crippen LogP contribution >= 0.6 is 0 Å². The molecule has 31 heavy (non-hydrogen) atoms. The second-order valence-corrected chi connectivity index (χ2v) is 7.47. The van der Waals surface area contributed by atoms with E-state index in [1.54, 1.807) is 0 Å². The van der Waals surface area contributed by atoms with Crippen molar-refractivity contribution in [2.24, 2.45) is 20.2 Å². The number of hydrogen-bond acceptors (Lipinski definition) is 8. The average Bonchev–Trinajstić information content (AvgIpc) is 2.76. The molecule has 11 heteroatoms. The fraction of sp³-hybridized carbons (Fsp3) is 0.550. The van der Waals surface area contributed by atoms with Gasteiger partial charge < -0.3 is 30.0 Å². The maximum Gasteiger partial charge on any atom is 2.00 e. The van der Waals surface area contributed by atoms with Gasteiger partial charge >= 0.3 is 17.1 Å². The zero-order chi connectivity index (χ0) is 21.8. The van der Waals surface area contributed by atoms with Crippen LogP contribution in [0.5, 0.6) is 0 Å². The van der Waals surface area contributed by atoms with Crippen molar-refractivity contribution in [2.75, 3.05) is 26.3 Å². The third-order valence-corrected chi connectivity index (χ3v) is 4.93. The predicted octanol–water partition coefficient (Wildman–Crippen LogP) is 2.27. The number of pyridine rings is 1. The Balaban J connectivity index is 0.00000480. The SMILES string of the molecule is CCN=C([S-])N/N=C(C)/C(Cc1ccc(C2CCOCC2)nc1)=N/NC([S-])=NCC.[Cu+2]. The molecule has 1 aliphatic heterocycles. The Morgan fingerprint density at radius 2 is 1.68 bits per heavy atom. The molecule has 2 heterocycles. The average molecular weight is 511 g/mol. The predicted molar refractivity (Wildman–Crippen MR) is 128 cm³/mol.